The Kier molecular flexibility index (Phi) is 5.78. The predicted octanol–water partition coefficient (Wildman–Crippen LogP) is 4.08. The molecule has 7 heteroatoms. The van der Waals surface area contributed by atoms with E-state index in [-0.39, 0.29) is 5.91 Å². The molecular weight excluding hydrogens is 376 g/mol. The van der Waals surface area contributed by atoms with Crippen molar-refractivity contribution in [3.05, 3.63) is 50.1 Å². The summed E-state index contributed by atoms with van der Waals surface area (Å²) in [6.07, 6.45) is 0.931. The van der Waals surface area contributed by atoms with E-state index in [1.54, 1.807) is 37.4 Å². The van der Waals surface area contributed by atoms with Crippen LogP contribution in [0.4, 0.5) is 0 Å². The maximum atomic E-state index is 11.8. The number of nitrogens with zero attached hydrogens (tertiary/aromatic N) is 1. The number of ether oxygens (including phenoxy) is 1. The molecule has 1 N–H and O–H groups in total. The third-order valence-corrected chi connectivity index (χ3v) is 4.27. The Morgan fingerprint density at radius 3 is 2.71 bits per heavy atom. The summed E-state index contributed by atoms with van der Waals surface area (Å²) in [4.78, 5) is 12.8. The Labute approximate surface area is 139 Å². The minimum absolute atomic E-state index is 0.322. The van der Waals surface area contributed by atoms with Crippen molar-refractivity contribution in [2.24, 2.45) is 5.10 Å². The zero-order valence-corrected chi connectivity index (χ0v) is 14.2. The average molecular weight is 388 g/mol. The van der Waals surface area contributed by atoms with Crippen molar-refractivity contribution in [3.8, 4) is 5.75 Å². The number of halogens is 2. The minimum Gasteiger partial charge on any atom is -0.481 e. The maximum absolute atomic E-state index is 11.8. The second-order valence-corrected chi connectivity index (χ2v) is 7.02. The summed E-state index contributed by atoms with van der Waals surface area (Å²) < 4.78 is 6.50. The van der Waals surface area contributed by atoms with Crippen LogP contribution in [0.1, 0.15) is 11.8 Å². The molecule has 1 heterocycles. The highest BCUT2D eigenvalue weighted by Gasteiger charge is 2.13. The second kappa shape index (κ2) is 7.59. The van der Waals surface area contributed by atoms with Crippen LogP contribution in [-0.2, 0) is 4.79 Å². The van der Waals surface area contributed by atoms with E-state index >= 15 is 0 Å². The number of hydrogen-bond donors (Lipinski definition) is 1. The van der Waals surface area contributed by atoms with Crippen LogP contribution in [0.25, 0.3) is 0 Å². The van der Waals surface area contributed by atoms with Crippen molar-refractivity contribution in [2.75, 3.05) is 0 Å². The van der Waals surface area contributed by atoms with E-state index in [4.69, 9.17) is 16.3 Å². The van der Waals surface area contributed by atoms with Gasteiger partial charge in [-0.1, -0.05) is 11.6 Å². The molecule has 4 nitrogen and oxygen atoms in total. The van der Waals surface area contributed by atoms with Gasteiger partial charge in [0.25, 0.3) is 5.91 Å². The molecule has 0 aliphatic carbocycles. The van der Waals surface area contributed by atoms with Gasteiger partial charge in [-0.15, -0.1) is 11.3 Å². The van der Waals surface area contributed by atoms with Crippen molar-refractivity contribution >= 4 is 51.0 Å². The van der Waals surface area contributed by atoms with Gasteiger partial charge >= 0.3 is 0 Å². The van der Waals surface area contributed by atoms with Gasteiger partial charge < -0.3 is 4.74 Å². The molecule has 1 aromatic carbocycles. The van der Waals surface area contributed by atoms with Crippen molar-refractivity contribution in [1.82, 2.24) is 5.43 Å². The van der Waals surface area contributed by atoms with Gasteiger partial charge in [-0.25, -0.2) is 5.43 Å². The molecular formula is C14H12BrClN2O2S. The van der Waals surface area contributed by atoms with Gasteiger partial charge in [-0.2, -0.15) is 5.10 Å². The number of rotatable bonds is 5. The fourth-order valence-corrected chi connectivity index (χ4v) is 2.84. The number of amides is 1. The van der Waals surface area contributed by atoms with Crippen LogP contribution in [0.3, 0.4) is 0 Å². The van der Waals surface area contributed by atoms with E-state index in [1.165, 1.54) is 11.3 Å². The Bertz CT molecular complexity index is 643. The summed E-state index contributed by atoms with van der Waals surface area (Å²) in [6, 6.07) is 10.6. The van der Waals surface area contributed by atoms with E-state index in [0.717, 1.165) is 8.66 Å². The number of carbonyl (C=O) groups is 1. The van der Waals surface area contributed by atoms with Crippen molar-refractivity contribution < 1.29 is 9.53 Å². The molecule has 1 amide bonds. The molecule has 1 aromatic heterocycles. The van der Waals surface area contributed by atoms with E-state index in [9.17, 15) is 4.79 Å². The zero-order valence-electron chi connectivity index (χ0n) is 11.0. The van der Waals surface area contributed by atoms with E-state index in [1.807, 2.05) is 12.1 Å². The number of carbonyl (C=O) groups excluding carboxylic acids is 1. The number of hydrogen-bond acceptors (Lipinski definition) is 4. The maximum Gasteiger partial charge on any atom is 0.280 e. The lowest BCUT2D eigenvalue weighted by Crippen LogP contribution is -2.33. The van der Waals surface area contributed by atoms with Crippen LogP contribution in [0, 0.1) is 0 Å². The molecule has 2 rings (SSSR count). The van der Waals surface area contributed by atoms with E-state index < -0.39 is 6.10 Å². The Balaban J connectivity index is 1.85. The highest BCUT2D eigenvalue weighted by atomic mass is 79.9. The SMILES string of the molecule is CC(Oc1ccc(Cl)cc1)C(=O)NN=Cc1ccc(Br)s1. The first kappa shape index (κ1) is 16.0. The summed E-state index contributed by atoms with van der Waals surface area (Å²) in [6.45, 7) is 1.65. The van der Waals surface area contributed by atoms with E-state index in [0.29, 0.717) is 10.8 Å². The van der Waals surface area contributed by atoms with Gasteiger partial charge in [0.2, 0.25) is 0 Å². The third kappa shape index (κ3) is 5.15. The molecule has 0 saturated carbocycles. The lowest BCUT2D eigenvalue weighted by molar-refractivity contribution is -0.127. The Hall–Kier alpha value is -1.37. The van der Waals surface area contributed by atoms with Crippen molar-refractivity contribution in [2.45, 2.75) is 13.0 Å². The lowest BCUT2D eigenvalue weighted by atomic mass is 10.3. The standard InChI is InChI=1S/C14H12BrClN2O2S/c1-9(20-11-4-2-10(16)3-5-11)14(19)18-17-8-12-6-7-13(15)21-12/h2-9H,1H3,(H,18,19). The van der Waals surface area contributed by atoms with Gasteiger partial charge in [-0.3, -0.25) is 4.79 Å². The normalized spacial score (nSPS) is 12.3. The van der Waals surface area contributed by atoms with Gasteiger partial charge in [0.1, 0.15) is 5.75 Å². The Morgan fingerprint density at radius 1 is 1.38 bits per heavy atom. The quantitative estimate of drug-likeness (QED) is 0.621. The van der Waals surface area contributed by atoms with Crippen LogP contribution in [0.15, 0.2) is 45.3 Å². The molecule has 21 heavy (non-hydrogen) atoms. The summed E-state index contributed by atoms with van der Waals surface area (Å²) in [5.74, 6) is 0.255. The van der Waals surface area contributed by atoms with Crippen LogP contribution < -0.4 is 10.2 Å². The fourth-order valence-electron chi connectivity index (χ4n) is 1.42. The molecule has 0 bridgehead atoms. The molecule has 0 saturated heterocycles. The smallest absolute Gasteiger partial charge is 0.280 e. The first-order valence-electron chi connectivity index (χ1n) is 6.05. The molecule has 0 aliphatic rings. The number of nitrogens with one attached hydrogen (secondary N) is 1. The van der Waals surface area contributed by atoms with Crippen LogP contribution in [-0.4, -0.2) is 18.2 Å². The minimum atomic E-state index is -0.654. The van der Waals surface area contributed by atoms with Crippen LogP contribution in [0.5, 0.6) is 5.75 Å². The molecule has 0 fully saturated rings. The summed E-state index contributed by atoms with van der Waals surface area (Å²) in [7, 11) is 0. The Morgan fingerprint density at radius 2 is 2.10 bits per heavy atom. The molecule has 110 valence electrons. The van der Waals surface area contributed by atoms with Crippen LogP contribution in [0.2, 0.25) is 5.02 Å². The summed E-state index contributed by atoms with van der Waals surface area (Å²) >= 11 is 10.7. The second-order valence-electron chi connectivity index (χ2n) is 4.09. The summed E-state index contributed by atoms with van der Waals surface area (Å²) in [5, 5.41) is 4.51. The largest absolute Gasteiger partial charge is 0.481 e. The fraction of sp³-hybridized carbons (Fsp3) is 0.143. The molecule has 0 radical (unpaired) electrons. The zero-order chi connectivity index (χ0) is 15.2. The molecule has 1 atom stereocenters. The first-order valence-corrected chi connectivity index (χ1v) is 8.04. The van der Waals surface area contributed by atoms with E-state index in [2.05, 4.69) is 26.5 Å². The third-order valence-electron chi connectivity index (χ3n) is 2.46. The highest BCUT2D eigenvalue weighted by molar-refractivity contribution is 9.11. The molecule has 0 spiro atoms. The van der Waals surface area contributed by atoms with Gasteiger partial charge in [0, 0.05) is 9.90 Å². The molecule has 1 unspecified atom stereocenters. The molecule has 2 aromatic rings. The average Bonchev–Trinajstić information content (AvgIpc) is 2.87. The number of hydrazone groups is 1. The van der Waals surface area contributed by atoms with Crippen LogP contribution >= 0.6 is 38.9 Å². The van der Waals surface area contributed by atoms with Gasteiger partial charge in [0.15, 0.2) is 6.10 Å². The molecule has 0 aliphatic heterocycles. The van der Waals surface area contributed by atoms with Crippen molar-refractivity contribution in [3.63, 3.8) is 0 Å². The number of thiophene rings is 1. The lowest BCUT2D eigenvalue weighted by Gasteiger charge is -2.12. The monoisotopic (exact) mass is 386 g/mol. The predicted molar refractivity (Wildman–Crippen MR) is 89.3 cm³/mol. The highest BCUT2D eigenvalue weighted by Crippen LogP contribution is 2.20. The van der Waals surface area contributed by atoms with Gasteiger partial charge in [0.05, 0.1) is 10.0 Å². The number of benzene rings is 1. The summed E-state index contributed by atoms with van der Waals surface area (Å²) in [5.41, 5.74) is 2.44. The first-order chi connectivity index (χ1) is 10.0. The van der Waals surface area contributed by atoms with Gasteiger partial charge in [-0.05, 0) is 59.3 Å². The topological polar surface area (TPSA) is 50.7 Å². The van der Waals surface area contributed by atoms with Crippen molar-refractivity contribution in [1.29, 1.82) is 0 Å².